The standard InChI is InChI=1S/C10H12N2.C2H5NO/c11-6-5-8-7-12-10-4-2-1-3-9(8)10;1-2(3)4/h1-4,7,12H,5-6,11H2;1H3,(H2,3,4). The van der Waals surface area contributed by atoms with Crippen molar-refractivity contribution >= 4 is 16.8 Å². The summed E-state index contributed by atoms with van der Waals surface area (Å²) in [5.41, 5.74) is 12.5. The Balaban J connectivity index is 0.000000280. The number of nitrogens with one attached hydrogen (secondary N) is 1. The van der Waals surface area contributed by atoms with Crippen LogP contribution in [-0.4, -0.2) is 17.4 Å². The van der Waals surface area contributed by atoms with Crippen LogP contribution >= 0.6 is 0 Å². The average molecular weight is 219 g/mol. The molecule has 2 rings (SSSR count). The minimum Gasteiger partial charge on any atom is -0.370 e. The van der Waals surface area contributed by atoms with E-state index in [0.29, 0.717) is 6.54 Å². The Morgan fingerprint density at radius 2 is 2.00 bits per heavy atom. The first-order chi connectivity index (χ1) is 7.65. The Hall–Kier alpha value is -1.81. The molecule has 0 atom stereocenters. The molecule has 0 saturated carbocycles. The van der Waals surface area contributed by atoms with Gasteiger partial charge in [0.15, 0.2) is 0 Å². The summed E-state index contributed by atoms with van der Waals surface area (Å²) in [5, 5.41) is 1.29. The molecule has 0 bridgehead atoms. The molecule has 16 heavy (non-hydrogen) atoms. The summed E-state index contributed by atoms with van der Waals surface area (Å²) in [7, 11) is 0. The van der Waals surface area contributed by atoms with Gasteiger partial charge in [-0.15, -0.1) is 0 Å². The lowest BCUT2D eigenvalue weighted by Crippen LogP contribution is -2.01. The first-order valence-corrected chi connectivity index (χ1v) is 5.16. The molecule has 0 aliphatic rings. The second-order valence-corrected chi connectivity index (χ2v) is 3.51. The van der Waals surface area contributed by atoms with E-state index in [2.05, 4.69) is 28.9 Å². The van der Waals surface area contributed by atoms with Crippen molar-refractivity contribution in [3.05, 3.63) is 36.0 Å². The number of aromatic nitrogens is 1. The van der Waals surface area contributed by atoms with Crippen molar-refractivity contribution in [3.8, 4) is 0 Å². The van der Waals surface area contributed by atoms with Gasteiger partial charge >= 0.3 is 0 Å². The minimum absolute atomic E-state index is 0.333. The third-order valence-electron chi connectivity index (χ3n) is 2.09. The monoisotopic (exact) mass is 219 g/mol. The van der Waals surface area contributed by atoms with Gasteiger partial charge in [-0.2, -0.15) is 0 Å². The van der Waals surface area contributed by atoms with E-state index in [9.17, 15) is 4.79 Å². The third kappa shape index (κ3) is 3.40. The number of aromatic amines is 1. The number of primary amides is 1. The van der Waals surface area contributed by atoms with E-state index in [1.807, 2.05) is 12.3 Å². The van der Waals surface area contributed by atoms with Gasteiger partial charge in [-0.1, -0.05) is 18.2 Å². The topological polar surface area (TPSA) is 84.9 Å². The first-order valence-electron chi connectivity index (χ1n) is 5.16. The van der Waals surface area contributed by atoms with E-state index in [0.717, 1.165) is 6.42 Å². The van der Waals surface area contributed by atoms with Crippen LogP contribution in [0.2, 0.25) is 0 Å². The molecule has 1 heterocycles. The molecular formula is C12H17N3O. The maximum atomic E-state index is 9.22. The number of para-hydroxylation sites is 1. The molecule has 0 saturated heterocycles. The van der Waals surface area contributed by atoms with Gasteiger partial charge in [0, 0.05) is 24.0 Å². The van der Waals surface area contributed by atoms with Crippen LogP contribution in [0.1, 0.15) is 12.5 Å². The number of benzene rings is 1. The molecule has 0 fully saturated rings. The van der Waals surface area contributed by atoms with Crippen LogP contribution in [0.3, 0.4) is 0 Å². The van der Waals surface area contributed by atoms with Crippen molar-refractivity contribution < 1.29 is 4.79 Å². The minimum atomic E-state index is -0.333. The number of H-pyrrole nitrogens is 1. The van der Waals surface area contributed by atoms with E-state index in [4.69, 9.17) is 5.73 Å². The molecule has 0 radical (unpaired) electrons. The highest BCUT2D eigenvalue weighted by molar-refractivity contribution is 5.83. The van der Waals surface area contributed by atoms with Gasteiger partial charge in [0.2, 0.25) is 5.91 Å². The van der Waals surface area contributed by atoms with E-state index in [-0.39, 0.29) is 5.91 Å². The van der Waals surface area contributed by atoms with Gasteiger partial charge in [0.05, 0.1) is 0 Å². The quantitative estimate of drug-likeness (QED) is 0.708. The van der Waals surface area contributed by atoms with E-state index >= 15 is 0 Å². The van der Waals surface area contributed by atoms with Crippen LogP contribution < -0.4 is 11.5 Å². The fourth-order valence-electron chi connectivity index (χ4n) is 1.49. The normalized spacial score (nSPS) is 9.62. The number of rotatable bonds is 2. The molecular weight excluding hydrogens is 202 g/mol. The Morgan fingerprint density at radius 3 is 2.62 bits per heavy atom. The largest absolute Gasteiger partial charge is 0.370 e. The maximum Gasteiger partial charge on any atom is 0.214 e. The zero-order valence-electron chi connectivity index (χ0n) is 9.36. The highest BCUT2D eigenvalue weighted by atomic mass is 16.1. The predicted molar refractivity (Wildman–Crippen MR) is 65.9 cm³/mol. The number of carbonyl (C=O) groups is 1. The van der Waals surface area contributed by atoms with Gasteiger partial charge in [-0.05, 0) is 24.6 Å². The lowest BCUT2D eigenvalue weighted by atomic mass is 10.1. The zero-order valence-corrected chi connectivity index (χ0v) is 9.36. The number of fused-ring (bicyclic) bond motifs is 1. The summed E-state index contributed by atoms with van der Waals surface area (Å²) < 4.78 is 0. The molecule has 5 N–H and O–H groups in total. The van der Waals surface area contributed by atoms with E-state index < -0.39 is 0 Å². The van der Waals surface area contributed by atoms with Gasteiger partial charge in [-0.25, -0.2) is 0 Å². The molecule has 0 spiro atoms. The van der Waals surface area contributed by atoms with Crippen LogP contribution in [-0.2, 0) is 11.2 Å². The maximum absolute atomic E-state index is 9.22. The van der Waals surface area contributed by atoms with Crippen LogP contribution in [0, 0.1) is 0 Å². The van der Waals surface area contributed by atoms with Gasteiger partial charge in [-0.3, -0.25) is 4.79 Å². The Bertz CT molecular complexity index is 458. The molecule has 0 aliphatic carbocycles. The van der Waals surface area contributed by atoms with Crippen molar-refractivity contribution in [2.45, 2.75) is 13.3 Å². The molecule has 0 unspecified atom stereocenters. The second-order valence-electron chi connectivity index (χ2n) is 3.51. The fraction of sp³-hybridized carbons (Fsp3) is 0.250. The number of nitrogens with two attached hydrogens (primary N) is 2. The SMILES string of the molecule is CC(N)=O.NCCc1c[nH]c2ccccc12. The lowest BCUT2D eigenvalue weighted by Gasteiger charge is -1.93. The average Bonchev–Trinajstić information content (AvgIpc) is 2.62. The zero-order chi connectivity index (χ0) is 12.0. The van der Waals surface area contributed by atoms with E-state index in [1.165, 1.54) is 23.4 Å². The Kier molecular flexibility index (Phi) is 4.54. The second kappa shape index (κ2) is 5.92. The van der Waals surface area contributed by atoms with Gasteiger partial charge in [0.25, 0.3) is 0 Å². The molecule has 0 aliphatic heterocycles. The van der Waals surface area contributed by atoms with Gasteiger partial charge < -0.3 is 16.5 Å². The molecule has 1 aromatic carbocycles. The Labute approximate surface area is 94.6 Å². The first kappa shape index (κ1) is 12.3. The van der Waals surface area contributed by atoms with Crippen LogP contribution in [0.15, 0.2) is 30.5 Å². The van der Waals surface area contributed by atoms with Crippen molar-refractivity contribution in [1.82, 2.24) is 4.98 Å². The van der Waals surface area contributed by atoms with E-state index in [1.54, 1.807) is 0 Å². The van der Waals surface area contributed by atoms with Crippen molar-refractivity contribution in [3.63, 3.8) is 0 Å². The van der Waals surface area contributed by atoms with Crippen molar-refractivity contribution in [1.29, 1.82) is 0 Å². The molecule has 4 nitrogen and oxygen atoms in total. The number of amides is 1. The fourth-order valence-corrected chi connectivity index (χ4v) is 1.49. The smallest absolute Gasteiger partial charge is 0.214 e. The molecule has 2 aromatic rings. The highest BCUT2D eigenvalue weighted by Crippen LogP contribution is 2.17. The summed E-state index contributed by atoms with van der Waals surface area (Å²) in [5.74, 6) is -0.333. The summed E-state index contributed by atoms with van der Waals surface area (Å²) >= 11 is 0. The summed E-state index contributed by atoms with van der Waals surface area (Å²) in [6.07, 6.45) is 2.99. The van der Waals surface area contributed by atoms with Crippen molar-refractivity contribution in [2.75, 3.05) is 6.54 Å². The molecule has 4 heteroatoms. The summed E-state index contributed by atoms with van der Waals surface area (Å²) in [6.45, 7) is 2.02. The molecule has 1 aromatic heterocycles. The predicted octanol–water partition coefficient (Wildman–Crippen LogP) is 1.16. The summed E-state index contributed by atoms with van der Waals surface area (Å²) in [4.78, 5) is 12.4. The number of hydrogen-bond acceptors (Lipinski definition) is 2. The number of carbonyl (C=O) groups excluding carboxylic acids is 1. The van der Waals surface area contributed by atoms with Gasteiger partial charge in [0.1, 0.15) is 0 Å². The summed E-state index contributed by atoms with van der Waals surface area (Å²) in [6, 6.07) is 8.29. The van der Waals surface area contributed by atoms with Crippen molar-refractivity contribution in [2.24, 2.45) is 11.5 Å². The van der Waals surface area contributed by atoms with Crippen LogP contribution in [0.5, 0.6) is 0 Å². The molecule has 86 valence electrons. The van der Waals surface area contributed by atoms with Crippen LogP contribution in [0.25, 0.3) is 10.9 Å². The van der Waals surface area contributed by atoms with Crippen LogP contribution in [0.4, 0.5) is 0 Å². The Morgan fingerprint density at radius 1 is 1.38 bits per heavy atom. The highest BCUT2D eigenvalue weighted by Gasteiger charge is 1.99. The third-order valence-corrected chi connectivity index (χ3v) is 2.09. The molecule has 1 amide bonds. The lowest BCUT2D eigenvalue weighted by molar-refractivity contribution is -0.115. The number of hydrogen-bond donors (Lipinski definition) is 3.